The molecule has 8 nitrogen and oxygen atoms in total. The Balaban J connectivity index is 1.80. The molecule has 36 heavy (non-hydrogen) atoms. The molecule has 12 heteroatoms. The largest absolute Gasteiger partial charge is 0.482 e. The van der Waals surface area contributed by atoms with Crippen LogP contribution in [0.4, 0.5) is 13.2 Å². The van der Waals surface area contributed by atoms with E-state index in [2.05, 4.69) is 4.37 Å². The molecule has 4 rings (SSSR count). The number of benzene rings is 2. The lowest BCUT2D eigenvalue weighted by molar-refractivity contribution is -0.145. The minimum atomic E-state index is -4.85. The summed E-state index contributed by atoms with van der Waals surface area (Å²) in [6.07, 6.45) is -4.85. The third-order valence-electron chi connectivity index (χ3n) is 5.45. The van der Waals surface area contributed by atoms with Gasteiger partial charge in [0.05, 0.1) is 22.7 Å². The monoisotopic (exact) mass is 519 g/mol. The lowest BCUT2D eigenvalue weighted by Crippen LogP contribution is -2.40. The van der Waals surface area contributed by atoms with E-state index in [9.17, 15) is 27.6 Å². The standard InChI is InChI=1S/C24H20F3N3O5S/c1-4-34-21(32)12-35-15-7-5-13(2)16(10-15)22-17-9-14(6-8-18(17)36-28-22)30-20(31)11-19(24(25,26)27)29(3)23(30)33/h5-11H,4,12H2,1-3H3. The lowest BCUT2D eigenvalue weighted by Gasteiger charge is -2.14. The van der Waals surface area contributed by atoms with Crippen LogP contribution in [0.5, 0.6) is 5.75 Å². The van der Waals surface area contributed by atoms with Gasteiger partial charge in [-0.2, -0.15) is 17.5 Å². The van der Waals surface area contributed by atoms with E-state index in [0.717, 1.165) is 17.3 Å². The highest BCUT2D eigenvalue weighted by Crippen LogP contribution is 2.35. The fourth-order valence-electron chi connectivity index (χ4n) is 3.69. The summed E-state index contributed by atoms with van der Waals surface area (Å²) < 4.78 is 56.3. The number of aromatic nitrogens is 3. The molecule has 188 valence electrons. The van der Waals surface area contributed by atoms with Crippen LogP contribution in [0.3, 0.4) is 0 Å². The van der Waals surface area contributed by atoms with Gasteiger partial charge in [0.1, 0.15) is 11.4 Å². The molecular weight excluding hydrogens is 499 g/mol. The summed E-state index contributed by atoms with van der Waals surface area (Å²) in [5.41, 5.74) is -1.37. The molecule has 0 atom stereocenters. The van der Waals surface area contributed by atoms with Crippen LogP contribution in [0.2, 0.25) is 0 Å². The topological polar surface area (TPSA) is 92.4 Å². The number of ether oxygens (including phenoxy) is 2. The zero-order valence-corrected chi connectivity index (χ0v) is 20.2. The van der Waals surface area contributed by atoms with Crippen LogP contribution < -0.4 is 16.0 Å². The summed E-state index contributed by atoms with van der Waals surface area (Å²) in [7, 11) is 0.961. The number of carbonyl (C=O) groups excluding carboxylic acids is 1. The van der Waals surface area contributed by atoms with Gasteiger partial charge in [-0.25, -0.2) is 14.2 Å². The van der Waals surface area contributed by atoms with E-state index >= 15 is 0 Å². The molecule has 0 N–H and O–H groups in total. The first kappa shape index (κ1) is 25.2. The number of esters is 1. The minimum absolute atomic E-state index is 0.107. The van der Waals surface area contributed by atoms with Crippen molar-refractivity contribution in [3.05, 3.63) is 74.6 Å². The number of rotatable bonds is 6. The van der Waals surface area contributed by atoms with Crippen molar-refractivity contribution in [3.63, 3.8) is 0 Å². The van der Waals surface area contributed by atoms with Crippen LogP contribution in [0.25, 0.3) is 27.0 Å². The molecule has 0 saturated heterocycles. The molecule has 2 aromatic heterocycles. The van der Waals surface area contributed by atoms with Crippen molar-refractivity contribution in [2.24, 2.45) is 7.05 Å². The van der Waals surface area contributed by atoms with Crippen LogP contribution in [0.15, 0.2) is 52.1 Å². The van der Waals surface area contributed by atoms with E-state index in [1.807, 2.05) is 6.92 Å². The van der Waals surface area contributed by atoms with E-state index in [1.54, 1.807) is 31.2 Å². The minimum Gasteiger partial charge on any atom is -0.482 e. The highest BCUT2D eigenvalue weighted by atomic mass is 32.1. The van der Waals surface area contributed by atoms with E-state index in [1.165, 1.54) is 23.7 Å². The van der Waals surface area contributed by atoms with Gasteiger partial charge >= 0.3 is 17.8 Å². The molecule has 0 bridgehead atoms. The predicted molar refractivity (Wildman–Crippen MR) is 128 cm³/mol. The number of fused-ring (bicyclic) bond motifs is 1. The molecule has 0 saturated carbocycles. The Morgan fingerprint density at radius 3 is 2.56 bits per heavy atom. The highest BCUT2D eigenvalue weighted by molar-refractivity contribution is 7.13. The van der Waals surface area contributed by atoms with E-state index in [0.29, 0.717) is 37.6 Å². The first-order chi connectivity index (χ1) is 17.0. The molecule has 0 aliphatic rings. The zero-order chi connectivity index (χ0) is 26.2. The molecule has 0 aliphatic carbocycles. The molecule has 0 amide bonds. The van der Waals surface area contributed by atoms with Crippen molar-refractivity contribution in [2.45, 2.75) is 20.0 Å². The maximum atomic E-state index is 13.2. The van der Waals surface area contributed by atoms with Gasteiger partial charge in [-0.15, -0.1) is 0 Å². The summed E-state index contributed by atoms with van der Waals surface area (Å²) in [5, 5.41) is 0.594. The summed E-state index contributed by atoms with van der Waals surface area (Å²) in [5.74, 6) is -0.0966. The van der Waals surface area contributed by atoms with E-state index in [4.69, 9.17) is 9.47 Å². The first-order valence-electron chi connectivity index (χ1n) is 10.7. The Morgan fingerprint density at radius 1 is 1.11 bits per heavy atom. The van der Waals surface area contributed by atoms with Gasteiger partial charge in [-0.3, -0.25) is 9.36 Å². The van der Waals surface area contributed by atoms with Gasteiger partial charge in [0, 0.05) is 24.1 Å². The molecular formula is C24H20F3N3O5S. The van der Waals surface area contributed by atoms with Crippen molar-refractivity contribution in [1.29, 1.82) is 0 Å². The highest BCUT2D eigenvalue weighted by Gasteiger charge is 2.35. The average molecular weight is 520 g/mol. The molecule has 0 radical (unpaired) electrons. The van der Waals surface area contributed by atoms with Gasteiger partial charge in [-0.1, -0.05) is 6.07 Å². The number of carbonyl (C=O) groups is 1. The first-order valence-corrected chi connectivity index (χ1v) is 11.5. The van der Waals surface area contributed by atoms with Gasteiger partial charge in [0.25, 0.3) is 5.56 Å². The molecule has 0 unspecified atom stereocenters. The van der Waals surface area contributed by atoms with Gasteiger partial charge in [0.2, 0.25) is 0 Å². The number of nitrogens with zero attached hydrogens (tertiary/aromatic N) is 3. The van der Waals surface area contributed by atoms with Crippen LogP contribution in [-0.2, 0) is 22.8 Å². The Labute approximate surface area is 206 Å². The SMILES string of the molecule is CCOC(=O)COc1ccc(C)c(-c2nsc3ccc(-n4c(=O)cc(C(F)(F)F)n(C)c4=O)cc23)c1. The van der Waals surface area contributed by atoms with Crippen LogP contribution >= 0.6 is 11.5 Å². The van der Waals surface area contributed by atoms with Crippen molar-refractivity contribution in [3.8, 4) is 22.7 Å². The van der Waals surface area contributed by atoms with Gasteiger partial charge in [0.15, 0.2) is 6.61 Å². The Bertz CT molecular complexity index is 1590. The molecule has 0 fully saturated rings. The smallest absolute Gasteiger partial charge is 0.431 e. The maximum Gasteiger partial charge on any atom is 0.431 e. The third-order valence-corrected chi connectivity index (χ3v) is 6.28. The number of hydrogen-bond acceptors (Lipinski definition) is 7. The Hall–Kier alpha value is -3.93. The summed E-state index contributed by atoms with van der Waals surface area (Å²) in [6.45, 7) is 3.52. The fraction of sp³-hybridized carbons (Fsp3) is 0.250. The Morgan fingerprint density at radius 2 is 1.86 bits per heavy atom. The number of alkyl halides is 3. The molecule has 0 spiro atoms. The van der Waals surface area contributed by atoms with Gasteiger partial charge < -0.3 is 9.47 Å². The predicted octanol–water partition coefficient (Wildman–Crippen LogP) is 4.08. The summed E-state index contributed by atoms with van der Waals surface area (Å²) in [6, 6.07) is 10.3. The van der Waals surface area contributed by atoms with E-state index < -0.39 is 29.1 Å². The van der Waals surface area contributed by atoms with Crippen LogP contribution in [-0.4, -0.2) is 32.7 Å². The van der Waals surface area contributed by atoms with Crippen molar-refractivity contribution in [2.75, 3.05) is 13.2 Å². The van der Waals surface area contributed by atoms with Crippen LogP contribution in [0.1, 0.15) is 18.2 Å². The normalized spacial score (nSPS) is 11.6. The fourth-order valence-corrected chi connectivity index (χ4v) is 4.46. The van der Waals surface area contributed by atoms with Crippen molar-refractivity contribution >= 4 is 27.6 Å². The second-order valence-corrected chi connectivity index (χ2v) is 8.63. The number of aryl methyl sites for hydroxylation is 1. The maximum absolute atomic E-state index is 13.2. The molecule has 2 aromatic carbocycles. The second-order valence-electron chi connectivity index (χ2n) is 7.82. The van der Waals surface area contributed by atoms with E-state index in [-0.39, 0.29) is 18.9 Å². The van der Waals surface area contributed by atoms with Crippen molar-refractivity contribution in [1.82, 2.24) is 13.5 Å². The summed E-state index contributed by atoms with van der Waals surface area (Å²) in [4.78, 5) is 36.9. The summed E-state index contributed by atoms with van der Waals surface area (Å²) >= 11 is 1.19. The number of halogens is 3. The molecule has 0 aliphatic heterocycles. The molecule has 2 heterocycles. The average Bonchev–Trinajstić information content (AvgIpc) is 3.23. The number of hydrogen-bond donors (Lipinski definition) is 0. The quantitative estimate of drug-likeness (QED) is 0.357. The Kier molecular flexibility index (Phi) is 6.72. The molecule has 4 aromatic rings. The van der Waals surface area contributed by atoms with Crippen molar-refractivity contribution < 1.29 is 27.4 Å². The second kappa shape index (κ2) is 9.61. The van der Waals surface area contributed by atoms with Crippen LogP contribution in [0, 0.1) is 6.92 Å². The van der Waals surface area contributed by atoms with Gasteiger partial charge in [-0.05, 0) is 61.3 Å². The lowest BCUT2D eigenvalue weighted by atomic mass is 10.0. The zero-order valence-electron chi connectivity index (χ0n) is 19.4. The third kappa shape index (κ3) is 4.76.